The van der Waals surface area contributed by atoms with E-state index in [-0.39, 0.29) is 11.8 Å². The van der Waals surface area contributed by atoms with E-state index in [1.54, 1.807) is 6.33 Å². The fourth-order valence-electron chi connectivity index (χ4n) is 2.15. The number of amides is 1. The van der Waals surface area contributed by atoms with Crippen molar-refractivity contribution in [3.05, 3.63) is 18.1 Å². The Bertz CT molecular complexity index is 399. The number of nitrogens with zero attached hydrogens (tertiary/aromatic N) is 3. The minimum absolute atomic E-state index is 0.0266. The van der Waals surface area contributed by atoms with Crippen LogP contribution < -0.4 is 10.6 Å². The number of nitrogens with two attached hydrogens (primary N) is 1. The first-order valence-electron chi connectivity index (χ1n) is 6.06. The monoisotopic (exact) mass is 234 g/mol. The van der Waals surface area contributed by atoms with Gasteiger partial charge in [-0.2, -0.15) is 0 Å². The highest BCUT2D eigenvalue weighted by atomic mass is 16.1. The summed E-state index contributed by atoms with van der Waals surface area (Å²) in [5, 5.41) is 0. The van der Waals surface area contributed by atoms with E-state index >= 15 is 0 Å². The lowest BCUT2D eigenvalue weighted by molar-refractivity contribution is -0.122. The first kappa shape index (κ1) is 11.8. The van der Waals surface area contributed by atoms with Gasteiger partial charge in [0.1, 0.15) is 12.1 Å². The van der Waals surface area contributed by atoms with Crippen molar-refractivity contribution in [2.45, 2.75) is 26.2 Å². The van der Waals surface area contributed by atoms with Crippen molar-refractivity contribution in [2.75, 3.05) is 18.0 Å². The van der Waals surface area contributed by atoms with E-state index in [1.165, 1.54) is 0 Å². The quantitative estimate of drug-likeness (QED) is 0.837. The number of carbonyl (C=O) groups excluding carboxylic acids is 1. The largest absolute Gasteiger partial charge is 0.369 e. The van der Waals surface area contributed by atoms with Crippen LogP contribution >= 0.6 is 0 Å². The van der Waals surface area contributed by atoms with Gasteiger partial charge in [0.15, 0.2) is 0 Å². The molecule has 1 amide bonds. The van der Waals surface area contributed by atoms with Crippen molar-refractivity contribution >= 4 is 11.7 Å². The number of rotatable bonds is 3. The highest BCUT2D eigenvalue weighted by Crippen LogP contribution is 2.21. The van der Waals surface area contributed by atoms with Gasteiger partial charge in [-0.25, -0.2) is 9.97 Å². The molecule has 5 heteroatoms. The Hall–Kier alpha value is -1.65. The zero-order valence-electron chi connectivity index (χ0n) is 10.1. The SMILES string of the molecule is CCc1cc(N2CCC(C(N)=O)CC2)ncn1. The molecule has 17 heavy (non-hydrogen) atoms. The molecule has 1 aromatic heterocycles. The summed E-state index contributed by atoms with van der Waals surface area (Å²) in [5.74, 6) is 0.806. The van der Waals surface area contributed by atoms with Gasteiger partial charge < -0.3 is 10.6 Å². The highest BCUT2D eigenvalue weighted by Gasteiger charge is 2.23. The summed E-state index contributed by atoms with van der Waals surface area (Å²) in [6.45, 7) is 3.76. The van der Waals surface area contributed by atoms with Crippen molar-refractivity contribution in [1.82, 2.24) is 9.97 Å². The van der Waals surface area contributed by atoms with Gasteiger partial charge in [-0.15, -0.1) is 0 Å². The molecule has 2 N–H and O–H groups in total. The molecule has 1 aliphatic rings. The fraction of sp³-hybridized carbons (Fsp3) is 0.583. The Labute approximate surface area is 101 Å². The first-order chi connectivity index (χ1) is 8.20. The molecule has 0 saturated carbocycles. The normalized spacial score (nSPS) is 17.1. The van der Waals surface area contributed by atoms with Gasteiger partial charge >= 0.3 is 0 Å². The van der Waals surface area contributed by atoms with Crippen molar-refractivity contribution in [1.29, 1.82) is 0 Å². The van der Waals surface area contributed by atoms with Crippen LogP contribution in [0.25, 0.3) is 0 Å². The van der Waals surface area contributed by atoms with Gasteiger partial charge in [-0.3, -0.25) is 4.79 Å². The molecule has 1 saturated heterocycles. The third-order valence-electron chi connectivity index (χ3n) is 3.29. The molecule has 0 spiro atoms. The third kappa shape index (κ3) is 2.72. The average molecular weight is 234 g/mol. The maximum atomic E-state index is 11.1. The number of primary amides is 1. The van der Waals surface area contributed by atoms with Crippen LogP contribution in [-0.4, -0.2) is 29.0 Å². The number of hydrogen-bond donors (Lipinski definition) is 1. The zero-order chi connectivity index (χ0) is 12.3. The summed E-state index contributed by atoms with van der Waals surface area (Å²) in [6.07, 6.45) is 4.16. The van der Waals surface area contributed by atoms with Gasteiger partial charge in [0.25, 0.3) is 0 Å². The highest BCUT2D eigenvalue weighted by molar-refractivity contribution is 5.76. The molecule has 1 aromatic rings. The molecular weight excluding hydrogens is 216 g/mol. The molecule has 2 heterocycles. The van der Waals surface area contributed by atoms with Crippen LogP contribution in [0.3, 0.4) is 0 Å². The smallest absolute Gasteiger partial charge is 0.220 e. The summed E-state index contributed by atoms with van der Waals surface area (Å²) < 4.78 is 0. The van der Waals surface area contributed by atoms with Gasteiger partial charge in [-0.1, -0.05) is 6.92 Å². The molecule has 0 bridgehead atoms. The van der Waals surface area contributed by atoms with E-state index in [1.807, 2.05) is 6.07 Å². The van der Waals surface area contributed by atoms with Crippen LogP contribution in [0.4, 0.5) is 5.82 Å². The molecule has 92 valence electrons. The minimum Gasteiger partial charge on any atom is -0.369 e. The number of aryl methyl sites for hydroxylation is 1. The van der Waals surface area contributed by atoms with E-state index in [0.717, 1.165) is 43.9 Å². The summed E-state index contributed by atoms with van der Waals surface area (Å²) in [4.78, 5) is 21.7. The molecule has 2 rings (SSSR count). The number of piperidine rings is 1. The minimum atomic E-state index is -0.179. The predicted molar refractivity (Wildman–Crippen MR) is 65.5 cm³/mol. The second-order valence-corrected chi connectivity index (χ2v) is 4.38. The van der Waals surface area contributed by atoms with Crippen molar-refractivity contribution in [2.24, 2.45) is 11.7 Å². The van der Waals surface area contributed by atoms with Crippen LogP contribution in [0.1, 0.15) is 25.5 Å². The van der Waals surface area contributed by atoms with Gasteiger partial charge in [0.2, 0.25) is 5.91 Å². The molecular formula is C12H18N4O. The lowest BCUT2D eigenvalue weighted by Crippen LogP contribution is -2.39. The fourth-order valence-corrected chi connectivity index (χ4v) is 2.15. The van der Waals surface area contributed by atoms with Crippen LogP contribution in [0.15, 0.2) is 12.4 Å². The van der Waals surface area contributed by atoms with E-state index in [4.69, 9.17) is 5.73 Å². The van der Waals surface area contributed by atoms with E-state index < -0.39 is 0 Å². The van der Waals surface area contributed by atoms with E-state index in [0.29, 0.717) is 0 Å². The Balaban J connectivity index is 2.02. The Morgan fingerprint density at radius 3 is 2.76 bits per heavy atom. The second-order valence-electron chi connectivity index (χ2n) is 4.38. The van der Waals surface area contributed by atoms with Crippen LogP contribution in [0.2, 0.25) is 0 Å². The van der Waals surface area contributed by atoms with Gasteiger partial charge in [0.05, 0.1) is 0 Å². The van der Waals surface area contributed by atoms with Crippen molar-refractivity contribution in [3.63, 3.8) is 0 Å². The predicted octanol–water partition coefficient (Wildman–Crippen LogP) is 0.741. The molecule has 0 radical (unpaired) electrons. The summed E-state index contributed by atoms with van der Waals surface area (Å²) in [7, 11) is 0. The van der Waals surface area contributed by atoms with E-state index in [9.17, 15) is 4.79 Å². The number of hydrogen-bond acceptors (Lipinski definition) is 4. The molecule has 5 nitrogen and oxygen atoms in total. The summed E-state index contributed by atoms with van der Waals surface area (Å²) in [6, 6.07) is 2.02. The number of carbonyl (C=O) groups is 1. The number of anilines is 1. The maximum Gasteiger partial charge on any atom is 0.220 e. The summed E-state index contributed by atoms with van der Waals surface area (Å²) in [5.41, 5.74) is 6.36. The number of aromatic nitrogens is 2. The molecule has 1 aliphatic heterocycles. The van der Waals surface area contributed by atoms with E-state index in [2.05, 4.69) is 21.8 Å². The van der Waals surface area contributed by atoms with Crippen LogP contribution in [0, 0.1) is 5.92 Å². The molecule has 0 aromatic carbocycles. The Kier molecular flexibility index (Phi) is 3.56. The first-order valence-corrected chi connectivity index (χ1v) is 6.06. The van der Waals surface area contributed by atoms with Gasteiger partial charge in [-0.05, 0) is 19.3 Å². The van der Waals surface area contributed by atoms with Crippen LogP contribution in [0.5, 0.6) is 0 Å². The molecule has 1 fully saturated rings. The molecule has 0 unspecified atom stereocenters. The summed E-state index contributed by atoms with van der Waals surface area (Å²) >= 11 is 0. The second kappa shape index (κ2) is 5.12. The molecule has 0 aliphatic carbocycles. The zero-order valence-corrected chi connectivity index (χ0v) is 10.1. The molecule has 0 atom stereocenters. The topological polar surface area (TPSA) is 72.1 Å². The third-order valence-corrected chi connectivity index (χ3v) is 3.29. The maximum absolute atomic E-state index is 11.1. The average Bonchev–Trinajstić information content (AvgIpc) is 2.39. The lowest BCUT2D eigenvalue weighted by atomic mass is 9.96. The standard InChI is InChI=1S/C12H18N4O/c1-2-10-7-11(15-8-14-10)16-5-3-9(4-6-16)12(13)17/h7-9H,2-6H2,1H3,(H2,13,17). The Morgan fingerprint density at radius 1 is 1.47 bits per heavy atom. The van der Waals surface area contributed by atoms with Crippen LogP contribution in [-0.2, 0) is 11.2 Å². The van der Waals surface area contributed by atoms with Crippen molar-refractivity contribution < 1.29 is 4.79 Å². The Morgan fingerprint density at radius 2 is 2.18 bits per heavy atom. The lowest BCUT2D eigenvalue weighted by Gasteiger charge is -2.31. The van der Waals surface area contributed by atoms with Gasteiger partial charge in [0, 0.05) is 30.8 Å². The van der Waals surface area contributed by atoms with Crippen molar-refractivity contribution in [3.8, 4) is 0 Å².